The largest absolute Gasteiger partial charge is 0.481 e. The van der Waals surface area contributed by atoms with Gasteiger partial charge in [0.05, 0.1) is 11.3 Å². The van der Waals surface area contributed by atoms with Crippen molar-refractivity contribution in [2.45, 2.75) is 19.4 Å². The molecule has 8 nitrogen and oxygen atoms in total. The summed E-state index contributed by atoms with van der Waals surface area (Å²) in [5, 5.41) is 13.1. The zero-order valence-electron chi connectivity index (χ0n) is 11.3. The van der Waals surface area contributed by atoms with Gasteiger partial charge in [0, 0.05) is 0 Å². The van der Waals surface area contributed by atoms with Crippen LogP contribution in [0.5, 0.6) is 0 Å². The van der Waals surface area contributed by atoms with Gasteiger partial charge in [-0.25, -0.2) is 0 Å². The Hall–Kier alpha value is -2.90. The van der Waals surface area contributed by atoms with Crippen molar-refractivity contribution in [2.24, 2.45) is 5.73 Å². The third-order valence-corrected chi connectivity index (χ3v) is 2.53. The summed E-state index contributed by atoms with van der Waals surface area (Å²) in [7, 11) is 0. The lowest BCUT2D eigenvalue weighted by molar-refractivity contribution is -0.141. The van der Waals surface area contributed by atoms with Crippen LogP contribution in [0.3, 0.4) is 0 Å². The molecule has 1 aromatic carbocycles. The number of benzene rings is 1. The monoisotopic (exact) mass is 293 g/mol. The van der Waals surface area contributed by atoms with Crippen LogP contribution in [-0.2, 0) is 14.4 Å². The zero-order valence-corrected chi connectivity index (χ0v) is 11.3. The Morgan fingerprint density at radius 1 is 1.24 bits per heavy atom. The zero-order chi connectivity index (χ0) is 16.0. The number of para-hydroxylation sites is 1. The third-order valence-electron chi connectivity index (χ3n) is 2.53. The van der Waals surface area contributed by atoms with Crippen molar-refractivity contribution in [1.82, 2.24) is 5.32 Å². The van der Waals surface area contributed by atoms with Crippen molar-refractivity contribution in [1.29, 1.82) is 0 Å². The molecule has 3 amide bonds. The molecule has 0 aliphatic heterocycles. The molecule has 0 unspecified atom stereocenters. The molecule has 1 atom stereocenters. The highest BCUT2D eigenvalue weighted by atomic mass is 16.4. The third kappa shape index (κ3) is 4.94. The Kier molecular flexibility index (Phi) is 5.41. The van der Waals surface area contributed by atoms with E-state index in [0.29, 0.717) is 0 Å². The van der Waals surface area contributed by atoms with Gasteiger partial charge in [-0.2, -0.15) is 0 Å². The maximum Gasteiger partial charge on any atom is 0.312 e. The van der Waals surface area contributed by atoms with Gasteiger partial charge in [-0.1, -0.05) is 12.1 Å². The first kappa shape index (κ1) is 16.2. The number of primary amides is 1. The molecule has 0 saturated heterocycles. The van der Waals surface area contributed by atoms with Gasteiger partial charge in [0.1, 0.15) is 12.5 Å². The highest BCUT2D eigenvalue weighted by Crippen LogP contribution is 2.14. The summed E-state index contributed by atoms with van der Waals surface area (Å²) in [4.78, 5) is 44.7. The van der Waals surface area contributed by atoms with E-state index in [1.807, 2.05) is 0 Å². The van der Waals surface area contributed by atoms with Crippen LogP contribution in [0.2, 0.25) is 0 Å². The Labute approximate surface area is 120 Å². The normalized spacial score (nSPS) is 11.3. The van der Waals surface area contributed by atoms with E-state index in [9.17, 15) is 19.2 Å². The van der Waals surface area contributed by atoms with Gasteiger partial charge in [-0.3, -0.25) is 19.2 Å². The van der Waals surface area contributed by atoms with E-state index in [2.05, 4.69) is 10.6 Å². The highest BCUT2D eigenvalue weighted by molar-refractivity contribution is 6.05. The fourth-order valence-electron chi connectivity index (χ4n) is 1.54. The highest BCUT2D eigenvalue weighted by Gasteiger charge is 2.18. The van der Waals surface area contributed by atoms with Crippen LogP contribution in [0.15, 0.2) is 24.3 Å². The molecular formula is C13H15N3O5. The summed E-state index contributed by atoms with van der Waals surface area (Å²) in [5.74, 6) is -3.37. The number of carboxylic acid groups (broad SMARTS) is 1. The van der Waals surface area contributed by atoms with Crippen molar-refractivity contribution in [3.05, 3.63) is 29.8 Å². The minimum Gasteiger partial charge on any atom is -0.481 e. The number of rotatable bonds is 6. The topological polar surface area (TPSA) is 139 Å². The Balaban J connectivity index is 2.71. The maximum absolute atomic E-state index is 11.9. The van der Waals surface area contributed by atoms with E-state index in [-0.39, 0.29) is 11.3 Å². The minimum atomic E-state index is -1.29. The second kappa shape index (κ2) is 7.04. The summed E-state index contributed by atoms with van der Waals surface area (Å²) in [6, 6.07) is 5.18. The van der Waals surface area contributed by atoms with Gasteiger partial charge < -0.3 is 21.5 Å². The van der Waals surface area contributed by atoms with Gasteiger partial charge in [0.25, 0.3) is 5.91 Å². The van der Waals surface area contributed by atoms with Crippen molar-refractivity contribution in [3.8, 4) is 0 Å². The number of nitrogens with two attached hydrogens (primary N) is 1. The van der Waals surface area contributed by atoms with Crippen LogP contribution >= 0.6 is 0 Å². The molecule has 112 valence electrons. The van der Waals surface area contributed by atoms with E-state index in [4.69, 9.17) is 10.8 Å². The van der Waals surface area contributed by atoms with Crippen molar-refractivity contribution in [3.63, 3.8) is 0 Å². The first-order valence-corrected chi connectivity index (χ1v) is 6.02. The molecule has 0 saturated carbocycles. The van der Waals surface area contributed by atoms with E-state index in [1.165, 1.54) is 19.1 Å². The van der Waals surface area contributed by atoms with Crippen LogP contribution < -0.4 is 16.4 Å². The SMILES string of the molecule is C[C@H](NC(=O)CC(=O)O)C(=O)Nc1ccccc1C(N)=O. The molecule has 0 heterocycles. The standard InChI is InChI=1S/C13H15N3O5/c1-7(15-10(17)6-11(18)19)13(21)16-9-5-3-2-4-8(9)12(14)20/h2-5,7H,6H2,1H3,(H2,14,20)(H,15,17)(H,16,21)(H,18,19)/t7-/m0/s1. The summed E-state index contributed by atoms with van der Waals surface area (Å²) < 4.78 is 0. The number of nitrogens with one attached hydrogen (secondary N) is 2. The maximum atomic E-state index is 11.9. The predicted octanol–water partition coefficient (Wildman–Crippen LogP) is -0.297. The van der Waals surface area contributed by atoms with Crippen molar-refractivity contribution in [2.75, 3.05) is 5.32 Å². The van der Waals surface area contributed by atoms with Gasteiger partial charge >= 0.3 is 5.97 Å². The van der Waals surface area contributed by atoms with Crippen LogP contribution in [0.4, 0.5) is 5.69 Å². The molecule has 0 aliphatic rings. The fourth-order valence-corrected chi connectivity index (χ4v) is 1.54. The number of carboxylic acids is 1. The summed E-state index contributed by atoms with van der Waals surface area (Å²) in [6.07, 6.45) is -0.727. The predicted molar refractivity (Wildman–Crippen MR) is 73.4 cm³/mol. The number of anilines is 1. The molecule has 0 spiro atoms. The van der Waals surface area contributed by atoms with E-state index in [1.54, 1.807) is 12.1 Å². The summed E-state index contributed by atoms with van der Waals surface area (Å²) in [6.45, 7) is 1.39. The number of carbonyl (C=O) groups is 4. The van der Waals surface area contributed by atoms with Crippen LogP contribution in [0, 0.1) is 0 Å². The molecule has 5 N–H and O–H groups in total. The van der Waals surface area contributed by atoms with Crippen LogP contribution in [-0.4, -0.2) is 34.8 Å². The van der Waals surface area contributed by atoms with E-state index >= 15 is 0 Å². The average molecular weight is 293 g/mol. The second-order valence-electron chi connectivity index (χ2n) is 4.26. The molecule has 0 bridgehead atoms. The lowest BCUT2D eigenvalue weighted by Crippen LogP contribution is -2.42. The number of aliphatic carboxylic acids is 1. The van der Waals surface area contributed by atoms with Crippen molar-refractivity contribution >= 4 is 29.4 Å². The molecule has 0 aliphatic carbocycles. The molecule has 0 aromatic heterocycles. The second-order valence-corrected chi connectivity index (χ2v) is 4.26. The van der Waals surface area contributed by atoms with E-state index < -0.39 is 36.2 Å². The first-order valence-electron chi connectivity index (χ1n) is 6.02. The van der Waals surface area contributed by atoms with Gasteiger partial charge in [-0.15, -0.1) is 0 Å². The van der Waals surface area contributed by atoms with Crippen molar-refractivity contribution < 1.29 is 24.3 Å². The average Bonchev–Trinajstić information content (AvgIpc) is 2.37. The smallest absolute Gasteiger partial charge is 0.312 e. The number of hydrogen-bond donors (Lipinski definition) is 4. The molecular weight excluding hydrogens is 278 g/mol. The van der Waals surface area contributed by atoms with Crippen LogP contribution in [0.1, 0.15) is 23.7 Å². The summed E-state index contributed by atoms with van der Waals surface area (Å²) in [5.41, 5.74) is 5.53. The lowest BCUT2D eigenvalue weighted by atomic mass is 10.1. The molecule has 21 heavy (non-hydrogen) atoms. The number of hydrogen-bond acceptors (Lipinski definition) is 4. The number of carbonyl (C=O) groups excluding carboxylic acids is 3. The molecule has 0 radical (unpaired) electrons. The van der Waals surface area contributed by atoms with Gasteiger partial charge in [0.15, 0.2) is 0 Å². The lowest BCUT2D eigenvalue weighted by Gasteiger charge is -2.14. The minimum absolute atomic E-state index is 0.134. The first-order chi connectivity index (χ1) is 9.81. The molecule has 1 aromatic rings. The molecule has 1 rings (SSSR count). The quantitative estimate of drug-likeness (QED) is 0.533. The molecule has 0 fully saturated rings. The Morgan fingerprint density at radius 3 is 2.43 bits per heavy atom. The fraction of sp³-hybridized carbons (Fsp3) is 0.231. The summed E-state index contributed by atoms with van der Waals surface area (Å²) >= 11 is 0. The van der Waals surface area contributed by atoms with E-state index in [0.717, 1.165) is 0 Å². The molecule has 8 heteroatoms. The Bertz CT molecular complexity index is 585. The Morgan fingerprint density at radius 2 is 1.86 bits per heavy atom. The van der Waals surface area contributed by atoms with Crippen LogP contribution in [0.25, 0.3) is 0 Å². The van der Waals surface area contributed by atoms with Gasteiger partial charge in [0.2, 0.25) is 11.8 Å². The van der Waals surface area contributed by atoms with Gasteiger partial charge in [-0.05, 0) is 19.1 Å². The number of amides is 3.